The lowest BCUT2D eigenvalue weighted by molar-refractivity contribution is -0.116. The average molecular weight is 457 g/mol. The number of aromatic amines is 1. The van der Waals surface area contributed by atoms with Gasteiger partial charge in [0.15, 0.2) is 11.7 Å². The summed E-state index contributed by atoms with van der Waals surface area (Å²) in [5.74, 6) is 1.15. The highest BCUT2D eigenvalue weighted by Gasteiger charge is 2.13. The summed E-state index contributed by atoms with van der Waals surface area (Å²) >= 11 is 0. The first-order valence-corrected chi connectivity index (χ1v) is 11.1. The standard InChI is InChI=1S/C27H28N4O3/c1-17-8-10-21(30-25(32)16-31(3)4)12-20(17)14-26-29-15-24(34-26)19-9-7-18(2)23(13-19)22-6-5-11-28-27(22)33/h5-13,15H,14,16H2,1-4H3,(H,28,33)(H,30,32). The zero-order chi connectivity index (χ0) is 24.2. The molecule has 1 amide bonds. The van der Waals surface area contributed by atoms with Gasteiger partial charge in [-0.3, -0.25) is 9.59 Å². The van der Waals surface area contributed by atoms with Gasteiger partial charge in [-0.25, -0.2) is 4.98 Å². The lowest BCUT2D eigenvalue weighted by atomic mass is 9.98. The molecule has 174 valence electrons. The van der Waals surface area contributed by atoms with E-state index in [2.05, 4.69) is 15.3 Å². The Labute approximate surface area is 198 Å². The number of amides is 1. The first-order valence-electron chi connectivity index (χ1n) is 11.1. The van der Waals surface area contributed by atoms with Crippen LogP contribution < -0.4 is 10.9 Å². The fourth-order valence-corrected chi connectivity index (χ4v) is 3.81. The highest BCUT2D eigenvalue weighted by Crippen LogP contribution is 2.29. The number of anilines is 1. The number of pyridine rings is 1. The Morgan fingerprint density at radius 2 is 1.85 bits per heavy atom. The third kappa shape index (κ3) is 5.32. The van der Waals surface area contributed by atoms with Gasteiger partial charge in [0.25, 0.3) is 5.56 Å². The van der Waals surface area contributed by atoms with Gasteiger partial charge in [-0.2, -0.15) is 0 Å². The Kier molecular flexibility index (Phi) is 6.75. The number of benzene rings is 2. The van der Waals surface area contributed by atoms with E-state index in [0.717, 1.165) is 33.5 Å². The van der Waals surface area contributed by atoms with Crippen LogP contribution in [0.25, 0.3) is 22.5 Å². The number of rotatable bonds is 7. The van der Waals surface area contributed by atoms with Crippen LogP contribution >= 0.6 is 0 Å². The third-order valence-electron chi connectivity index (χ3n) is 5.62. The van der Waals surface area contributed by atoms with Crippen molar-refractivity contribution in [3.63, 3.8) is 0 Å². The second-order valence-electron chi connectivity index (χ2n) is 8.66. The van der Waals surface area contributed by atoms with E-state index in [0.29, 0.717) is 30.2 Å². The molecule has 4 rings (SSSR count). The van der Waals surface area contributed by atoms with Crippen molar-refractivity contribution in [1.29, 1.82) is 0 Å². The zero-order valence-corrected chi connectivity index (χ0v) is 19.8. The highest BCUT2D eigenvalue weighted by molar-refractivity contribution is 5.92. The largest absolute Gasteiger partial charge is 0.440 e. The number of likely N-dealkylation sites (N-methyl/N-ethyl adjacent to an activating group) is 1. The number of nitrogens with zero attached hydrogens (tertiary/aromatic N) is 2. The first-order chi connectivity index (χ1) is 16.3. The van der Waals surface area contributed by atoms with Crippen molar-refractivity contribution in [2.45, 2.75) is 20.3 Å². The van der Waals surface area contributed by atoms with E-state index in [1.165, 1.54) is 0 Å². The smallest absolute Gasteiger partial charge is 0.255 e. The van der Waals surface area contributed by atoms with Crippen molar-refractivity contribution in [2.75, 3.05) is 26.0 Å². The van der Waals surface area contributed by atoms with Crippen LogP contribution in [0.2, 0.25) is 0 Å². The van der Waals surface area contributed by atoms with Crippen LogP contribution in [-0.2, 0) is 11.2 Å². The van der Waals surface area contributed by atoms with Gasteiger partial charge in [0.1, 0.15) is 0 Å². The minimum atomic E-state index is -0.131. The van der Waals surface area contributed by atoms with Crippen LogP contribution in [0.3, 0.4) is 0 Å². The number of carbonyl (C=O) groups excluding carboxylic acids is 1. The van der Waals surface area contributed by atoms with Gasteiger partial charge < -0.3 is 19.6 Å². The van der Waals surface area contributed by atoms with Crippen LogP contribution in [-0.4, -0.2) is 41.4 Å². The molecule has 0 unspecified atom stereocenters. The maximum atomic E-state index is 12.3. The van der Waals surface area contributed by atoms with Gasteiger partial charge in [-0.15, -0.1) is 0 Å². The molecule has 0 bridgehead atoms. The number of nitrogens with one attached hydrogen (secondary N) is 2. The zero-order valence-electron chi connectivity index (χ0n) is 19.8. The molecule has 0 spiro atoms. The Morgan fingerprint density at radius 1 is 1.06 bits per heavy atom. The summed E-state index contributed by atoms with van der Waals surface area (Å²) in [5, 5.41) is 2.93. The van der Waals surface area contributed by atoms with Crippen molar-refractivity contribution in [3.8, 4) is 22.5 Å². The van der Waals surface area contributed by atoms with Crippen molar-refractivity contribution in [1.82, 2.24) is 14.9 Å². The maximum Gasteiger partial charge on any atom is 0.255 e. The van der Waals surface area contributed by atoms with Crippen LogP contribution in [0.1, 0.15) is 22.6 Å². The summed E-state index contributed by atoms with van der Waals surface area (Å²) in [6, 6.07) is 15.4. The van der Waals surface area contributed by atoms with E-state index in [-0.39, 0.29) is 11.5 Å². The van der Waals surface area contributed by atoms with Gasteiger partial charge in [-0.05, 0) is 80.5 Å². The summed E-state index contributed by atoms with van der Waals surface area (Å²) < 4.78 is 6.07. The molecule has 0 atom stereocenters. The predicted molar refractivity (Wildman–Crippen MR) is 134 cm³/mol. The number of H-pyrrole nitrogens is 1. The average Bonchev–Trinajstić information content (AvgIpc) is 3.25. The molecule has 7 nitrogen and oxygen atoms in total. The monoisotopic (exact) mass is 456 g/mol. The van der Waals surface area contributed by atoms with E-state index < -0.39 is 0 Å². The molecule has 2 N–H and O–H groups in total. The Balaban J connectivity index is 1.56. The van der Waals surface area contributed by atoms with Crippen molar-refractivity contribution in [2.24, 2.45) is 0 Å². The SMILES string of the molecule is Cc1ccc(NC(=O)CN(C)C)cc1Cc1ncc(-c2ccc(C)c(-c3ccc[nH]c3=O)c2)o1. The molecule has 0 radical (unpaired) electrons. The van der Waals surface area contributed by atoms with E-state index in [1.807, 2.05) is 81.4 Å². The van der Waals surface area contributed by atoms with E-state index in [1.54, 1.807) is 12.4 Å². The topological polar surface area (TPSA) is 91.2 Å². The molecule has 2 aromatic heterocycles. The molecule has 0 fully saturated rings. The maximum absolute atomic E-state index is 12.3. The quantitative estimate of drug-likeness (QED) is 0.430. The van der Waals surface area contributed by atoms with E-state index in [9.17, 15) is 9.59 Å². The summed E-state index contributed by atoms with van der Waals surface area (Å²) in [4.78, 5) is 33.4. The summed E-state index contributed by atoms with van der Waals surface area (Å²) in [6.07, 6.45) is 3.83. The molecule has 34 heavy (non-hydrogen) atoms. The van der Waals surface area contributed by atoms with E-state index >= 15 is 0 Å². The number of aryl methyl sites for hydroxylation is 2. The van der Waals surface area contributed by atoms with Gasteiger partial charge in [0, 0.05) is 29.4 Å². The fraction of sp³-hybridized carbons (Fsp3) is 0.222. The molecule has 0 aliphatic heterocycles. The lowest BCUT2D eigenvalue weighted by Gasteiger charge is -2.12. The van der Waals surface area contributed by atoms with Gasteiger partial charge in [0.2, 0.25) is 5.91 Å². The molecule has 2 heterocycles. The summed E-state index contributed by atoms with van der Waals surface area (Å²) in [6.45, 7) is 4.32. The Hall–Kier alpha value is -3.97. The minimum Gasteiger partial charge on any atom is -0.440 e. The van der Waals surface area contributed by atoms with Crippen molar-refractivity contribution in [3.05, 3.63) is 93.9 Å². The minimum absolute atomic E-state index is 0.0642. The summed E-state index contributed by atoms with van der Waals surface area (Å²) in [7, 11) is 3.71. The number of hydrogen-bond acceptors (Lipinski definition) is 5. The van der Waals surface area contributed by atoms with Crippen LogP contribution in [0.5, 0.6) is 0 Å². The second kappa shape index (κ2) is 9.89. The van der Waals surface area contributed by atoms with Gasteiger partial charge in [-0.1, -0.05) is 18.2 Å². The van der Waals surface area contributed by atoms with Crippen LogP contribution in [0.4, 0.5) is 5.69 Å². The first kappa shape index (κ1) is 23.2. The van der Waals surface area contributed by atoms with Crippen LogP contribution in [0.15, 0.2) is 70.1 Å². The fourth-order valence-electron chi connectivity index (χ4n) is 3.81. The molecule has 0 saturated carbocycles. The van der Waals surface area contributed by atoms with E-state index in [4.69, 9.17) is 4.42 Å². The molecular formula is C27H28N4O3. The molecule has 0 aliphatic carbocycles. The molecular weight excluding hydrogens is 428 g/mol. The molecule has 7 heteroatoms. The second-order valence-corrected chi connectivity index (χ2v) is 8.66. The third-order valence-corrected chi connectivity index (χ3v) is 5.62. The van der Waals surface area contributed by atoms with Crippen LogP contribution in [0, 0.1) is 13.8 Å². The Morgan fingerprint density at radius 3 is 2.62 bits per heavy atom. The lowest BCUT2D eigenvalue weighted by Crippen LogP contribution is -2.27. The number of oxazole rings is 1. The number of carbonyl (C=O) groups is 1. The predicted octanol–water partition coefficient (Wildman–Crippen LogP) is 4.40. The number of aromatic nitrogens is 2. The molecule has 4 aromatic rings. The van der Waals surface area contributed by atoms with Crippen molar-refractivity contribution < 1.29 is 9.21 Å². The number of hydrogen-bond donors (Lipinski definition) is 2. The summed E-state index contributed by atoms with van der Waals surface area (Å²) in [5.41, 5.74) is 6.06. The van der Waals surface area contributed by atoms with Crippen molar-refractivity contribution >= 4 is 11.6 Å². The van der Waals surface area contributed by atoms with Gasteiger partial charge in [0.05, 0.1) is 12.7 Å². The molecule has 2 aromatic carbocycles. The Bertz CT molecular complexity index is 1380. The normalized spacial score (nSPS) is 11.1. The molecule has 0 aliphatic rings. The highest BCUT2D eigenvalue weighted by atomic mass is 16.4. The molecule has 0 saturated heterocycles. The van der Waals surface area contributed by atoms with Gasteiger partial charge >= 0.3 is 0 Å².